The smallest absolute Gasteiger partial charge is 0.320 e. The van der Waals surface area contributed by atoms with Gasteiger partial charge >= 0.3 is 5.97 Å². The Balaban J connectivity index is 2.73. The number of hydrogen-bond acceptors (Lipinski definition) is 2. The van der Waals surface area contributed by atoms with Gasteiger partial charge in [0.15, 0.2) is 0 Å². The van der Waals surface area contributed by atoms with Crippen molar-refractivity contribution < 1.29 is 9.90 Å². The van der Waals surface area contributed by atoms with Crippen molar-refractivity contribution in [2.75, 3.05) is 0 Å². The van der Waals surface area contributed by atoms with E-state index in [4.69, 9.17) is 5.11 Å². The van der Waals surface area contributed by atoms with Crippen LogP contribution < -0.4 is 5.32 Å². The molecule has 2 atom stereocenters. The van der Waals surface area contributed by atoms with E-state index in [0.717, 1.165) is 12.0 Å². The lowest BCUT2D eigenvalue weighted by Crippen LogP contribution is -2.38. The van der Waals surface area contributed by atoms with Crippen LogP contribution in [0.25, 0.3) is 0 Å². The predicted octanol–water partition coefficient (Wildman–Crippen LogP) is 2.90. The van der Waals surface area contributed by atoms with Gasteiger partial charge in [0.1, 0.15) is 6.04 Å². The lowest BCUT2D eigenvalue weighted by atomic mass is 10.0. The third-order valence-electron chi connectivity index (χ3n) is 2.98. The van der Waals surface area contributed by atoms with Gasteiger partial charge in [-0.3, -0.25) is 10.1 Å². The van der Waals surface area contributed by atoms with Gasteiger partial charge in [-0.2, -0.15) is 0 Å². The third kappa shape index (κ3) is 3.86. The van der Waals surface area contributed by atoms with E-state index in [1.165, 1.54) is 5.56 Å². The van der Waals surface area contributed by atoms with Gasteiger partial charge in [-0.25, -0.2) is 0 Å². The molecule has 0 aliphatic heterocycles. The largest absolute Gasteiger partial charge is 0.480 e. The van der Waals surface area contributed by atoms with Gasteiger partial charge in [-0.15, -0.1) is 0 Å². The van der Waals surface area contributed by atoms with Crippen LogP contribution in [0.2, 0.25) is 0 Å². The van der Waals surface area contributed by atoms with Crippen LogP contribution in [0.4, 0.5) is 0 Å². The zero-order valence-corrected chi connectivity index (χ0v) is 10.7. The van der Waals surface area contributed by atoms with E-state index in [-0.39, 0.29) is 6.04 Å². The highest BCUT2D eigenvalue weighted by atomic mass is 16.4. The molecular formula is C14H21NO2. The Hall–Kier alpha value is -1.35. The van der Waals surface area contributed by atoms with Crippen molar-refractivity contribution >= 4 is 5.97 Å². The van der Waals surface area contributed by atoms with E-state index >= 15 is 0 Å². The number of carbonyl (C=O) groups is 1. The summed E-state index contributed by atoms with van der Waals surface area (Å²) in [6.07, 6.45) is 1.52. The van der Waals surface area contributed by atoms with Crippen molar-refractivity contribution in [3.05, 3.63) is 35.4 Å². The molecule has 0 bridgehead atoms. The normalized spacial score (nSPS) is 14.3. The fourth-order valence-corrected chi connectivity index (χ4v) is 2.03. The Morgan fingerprint density at radius 1 is 1.41 bits per heavy atom. The highest BCUT2D eigenvalue weighted by Crippen LogP contribution is 2.18. The van der Waals surface area contributed by atoms with Crippen molar-refractivity contribution in [1.82, 2.24) is 5.32 Å². The number of carboxylic acid groups (broad SMARTS) is 1. The van der Waals surface area contributed by atoms with Gasteiger partial charge in [-0.1, -0.05) is 37.6 Å². The number of aliphatic carboxylic acids is 1. The molecule has 0 aliphatic carbocycles. The van der Waals surface area contributed by atoms with Crippen molar-refractivity contribution in [3.63, 3.8) is 0 Å². The number of hydrogen-bond donors (Lipinski definition) is 2. The maximum Gasteiger partial charge on any atom is 0.320 e. The molecule has 0 aliphatic rings. The van der Waals surface area contributed by atoms with Gasteiger partial charge in [0.05, 0.1) is 0 Å². The lowest BCUT2D eigenvalue weighted by molar-refractivity contribution is -0.139. The van der Waals surface area contributed by atoms with Gasteiger partial charge in [0.2, 0.25) is 0 Å². The molecule has 1 unspecified atom stereocenters. The van der Waals surface area contributed by atoms with Gasteiger partial charge in [-0.05, 0) is 31.4 Å². The Bertz CT molecular complexity index is 376. The predicted molar refractivity (Wildman–Crippen MR) is 69.1 cm³/mol. The minimum absolute atomic E-state index is 0.0591. The molecule has 1 aromatic carbocycles. The van der Waals surface area contributed by atoms with E-state index in [1.54, 1.807) is 0 Å². The number of benzene rings is 1. The summed E-state index contributed by atoms with van der Waals surface area (Å²) in [6.45, 7) is 6.05. The highest BCUT2D eigenvalue weighted by molar-refractivity contribution is 5.73. The van der Waals surface area contributed by atoms with Gasteiger partial charge in [0.25, 0.3) is 0 Å². The molecule has 0 saturated heterocycles. The van der Waals surface area contributed by atoms with E-state index in [1.807, 2.05) is 45.0 Å². The average molecular weight is 235 g/mol. The molecule has 0 aromatic heterocycles. The van der Waals surface area contributed by atoms with Crippen LogP contribution in [0, 0.1) is 6.92 Å². The summed E-state index contributed by atoms with van der Waals surface area (Å²) in [5, 5.41) is 12.3. The average Bonchev–Trinajstić information content (AvgIpc) is 2.28. The molecule has 94 valence electrons. The third-order valence-corrected chi connectivity index (χ3v) is 2.98. The van der Waals surface area contributed by atoms with E-state index in [0.29, 0.717) is 6.42 Å². The van der Waals surface area contributed by atoms with E-state index in [2.05, 4.69) is 5.32 Å². The molecule has 1 rings (SSSR count). The Morgan fingerprint density at radius 3 is 2.59 bits per heavy atom. The number of carboxylic acids is 1. The van der Waals surface area contributed by atoms with Crippen molar-refractivity contribution in [3.8, 4) is 0 Å². The molecule has 0 amide bonds. The van der Waals surface area contributed by atoms with Crippen LogP contribution in [0.5, 0.6) is 0 Å². The molecule has 17 heavy (non-hydrogen) atoms. The van der Waals surface area contributed by atoms with Crippen LogP contribution in [0.3, 0.4) is 0 Å². The number of rotatable bonds is 6. The Morgan fingerprint density at radius 2 is 2.06 bits per heavy atom. The highest BCUT2D eigenvalue weighted by Gasteiger charge is 2.19. The monoisotopic (exact) mass is 235 g/mol. The molecule has 3 heteroatoms. The summed E-state index contributed by atoms with van der Waals surface area (Å²) >= 11 is 0. The molecule has 0 heterocycles. The summed E-state index contributed by atoms with van der Waals surface area (Å²) in [6, 6.07) is 7.65. The zero-order valence-electron chi connectivity index (χ0n) is 10.7. The first-order valence-corrected chi connectivity index (χ1v) is 6.10. The molecule has 0 fully saturated rings. The molecular weight excluding hydrogens is 214 g/mol. The van der Waals surface area contributed by atoms with Crippen LogP contribution in [-0.2, 0) is 4.79 Å². The first-order chi connectivity index (χ1) is 8.06. The maximum absolute atomic E-state index is 11.1. The second kappa shape index (κ2) is 6.40. The van der Waals surface area contributed by atoms with Crippen molar-refractivity contribution in [2.24, 2.45) is 0 Å². The fourth-order valence-electron chi connectivity index (χ4n) is 2.03. The second-order valence-corrected chi connectivity index (χ2v) is 4.42. The van der Waals surface area contributed by atoms with Gasteiger partial charge in [0, 0.05) is 6.04 Å². The summed E-state index contributed by atoms with van der Waals surface area (Å²) in [5.41, 5.74) is 2.35. The van der Waals surface area contributed by atoms with Crippen molar-refractivity contribution in [1.29, 1.82) is 0 Å². The molecule has 0 radical (unpaired) electrons. The Labute approximate surface area is 103 Å². The molecule has 0 saturated carbocycles. The van der Waals surface area contributed by atoms with Crippen molar-refractivity contribution in [2.45, 2.75) is 45.7 Å². The van der Waals surface area contributed by atoms with Crippen LogP contribution in [0.1, 0.15) is 43.9 Å². The quantitative estimate of drug-likeness (QED) is 0.797. The minimum atomic E-state index is -0.771. The summed E-state index contributed by atoms with van der Waals surface area (Å²) in [5.74, 6) is -0.771. The maximum atomic E-state index is 11.1. The molecule has 1 aromatic rings. The molecule has 3 nitrogen and oxygen atoms in total. The summed E-state index contributed by atoms with van der Waals surface area (Å²) in [4.78, 5) is 11.1. The Kier molecular flexibility index (Phi) is 5.16. The van der Waals surface area contributed by atoms with Crippen LogP contribution in [0.15, 0.2) is 24.3 Å². The van der Waals surface area contributed by atoms with Crippen LogP contribution in [-0.4, -0.2) is 17.1 Å². The molecule has 0 spiro atoms. The van der Waals surface area contributed by atoms with E-state index < -0.39 is 12.0 Å². The zero-order chi connectivity index (χ0) is 12.8. The van der Waals surface area contributed by atoms with Gasteiger partial charge < -0.3 is 5.11 Å². The first-order valence-electron chi connectivity index (χ1n) is 6.10. The number of nitrogens with one attached hydrogen (secondary N) is 1. The molecule has 2 N–H and O–H groups in total. The fraction of sp³-hybridized carbons (Fsp3) is 0.500. The van der Waals surface area contributed by atoms with Crippen LogP contribution >= 0.6 is 0 Å². The minimum Gasteiger partial charge on any atom is -0.480 e. The SMILES string of the molecule is CCCC(N[C@H](C)c1ccccc1C)C(=O)O. The lowest BCUT2D eigenvalue weighted by Gasteiger charge is -2.21. The summed E-state index contributed by atoms with van der Waals surface area (Å²) < 4.78 is 0. The standard InChI is InChI=1S/C14H21NO2/c1-4-7-13(14(16)17)15-11(3)12-9-6-5-8-10(12)2/h5-6,8-9,11,13,15H,4,7H2,1-3H3,(H,16,17)/t11-,13?/m1/s1. The van der Waals surface area contributed by atoms with E-state index in [9.17, 15) is 4.79 Å². The summed E-state index contributed by atoms with van der Waals surface area (Å²) in [7, 11) is 0. The topological polar surface area (TPSA) is 49.3 Å². The number of aryl methyl sites for hydroxylation is 1. The second-order valence-electron chi connectivity index (χ2n) is 4.42. The first kappa shape index (κ1) is 13.7.